The lowest BCUT2D eigenvalue weighted by molar-refractivity contribution is 0.356. The number of benzene rings is 1. The molecule has 0 unspecified atom stereocenters. The second kappa shape index (κ2) is 4.96. The Balaban J connectivity index is 2.38. The number of nitriles is 1. The van der Waals surface area contributed by atoms with E-state index in [-0.39, 0.29) is 18.0 Å². The first-order valence-electron chi connectivity index (χ1n) is 5.72. The molecular weight excluding hydrogens is 252 g/mol. The molecule has 0 saturated heterocycles. The molecule has 1 heterocycles. The normalized spacial score (nSPS) is 14.1. The van der Waals surface area contributed by atoms with Crippen molar-refractivity contribution in [3.05, 3.63) is 23.8 Å². The number of nitrogens with zero attached hydrogens (tertiary/aromatic N) is 2. The van der Waals surface area contributed by atoms with Crippen LogP contribution in [0.15, 0.2) is 23.1 Å². The lowest BCUT2D eigenvalue weighted by atomic mass is 10.2. The fraction of sp³-hybridized carbons (Fsp3) is 0.417. The molecule has 1 aliphatic rings. The lowest BCUT2D eigenvalue weighted by Gasteiger charge is -2.17. The summed E-state index contributed by atoms with van der Waals surface area (Å²) in [4.78, 5) is 0.226. The van der Waals surface area contributed by atoms with Gasteiger partial charge in [0.2, 0.25) is 10.0 Å². The third-order valence-corrected chi connectivity index (χ3v) is 4.82. The highest BCUT2D eigenvalue weighted by molar-refractivity contribution is 7.89. The first-order valence-corrected chi connectivity index (χ1v) is 7.16. The predicted molar refractivity (Wildman–Crippen MR) is 65.7 cm³/mol. The van der Waals surface area contributed by atoms with E-state index < -0.39 is 10.0 Å². The summed E-state index contributed by atoms with van der Waals surface area (Å²) < 4.78 is 31.1. The van der Waals surface area contributed by atoms with Gasteiger partial charge in [0.15, 0.2) is 0 Å². The third kappa shape index (κ3) is 2.19. The van der Waals surface area contributed by atoms with Crippen LogP contribution in [0.2, 0.25) is 0 Å². The minimum Gasteiger partial charge on any atom is -0.493 e. The van der Waals surface area contributed by atoms with Crippen LogP contribution in [0.3, 0.4) is 0 Å². The van der Waals surface area contributed by atoms with Gasteiger partial charge in [0.05, 0.1) is 17.6 Å². The van der Waals surface area contributed by atoms with Crippen LogP contribution in [0, 0.1) is 11.3 Å². The molecule has 2 rings (SSSR count). The van der Waals surface area contributed by atoms with E-state index in [4.69, 9.17) is 10.00 Å². The zero-order valence-electron chi connectivity index (χ0n) is 10.1. The molecule has 0 fully saturated rings. The van der Waals surface area contributed by atoms with Crippen molar-refractivity contribution >= 4 is 10.0 Å². The van der Waals surface area contributed by atoms with Crippen molar-refractivity contribution in [3.63, 3.8) is 0 Å². The maximum atomic E-state index is 12.3. The molecule has 0 N–H and O–H groups in total. The van der Waals surface area contributed by atoms with Gasteiger partial charge in [0.25, 0.3) is 0 Å². The zero-order valence-corrected chi connectivity index (χ0v) is 10.9. The van der Waals surface area contributed by atoms with E-state index in [0.29, 0.717) is 6.61 Å². The van der Waals surface area contributed by atoms with Crippen LogP contribution < -0.4 is 4.74 Å². The minimum atomic E-state index is -3.58. The van der Waals surface area contributed by atoms with Gasteiger partial charge >= 0.3 is 0 Å². The topological polar surface area (TPSA) is 70.4 Å². The third-order valence-electron chi connectivity index (χ3n) is 2.90. The van der Waals surface area contributed by atoms with Gasteiger partial charge in [-0.3, -0.25) is 0 Å². The Morgan fingerprint density at radius 3 is 2.94 bits per heavy atom. The van der Waals surface area contributed by atoms with Gasteiger partial charge in [0.1, 0.15) is 12.3 Å². The van der Waals surface area contributed by atoms with Crippen LogP contribution in [0.25, 0.3) is 0 Å². The SMILES string of the molecule is CCN(CC#N)S(=O)(=O)c1ccc2c(c1)CCO2. The number of hydrogen-bond donors (Lipinski definition) is 0. The number of hydrogen-bond acceptors (Lipinski definition) is 4. The predicted octanol–water partition coefficient (Wildman–Crippen LogP) is 1.16. The van der Waals surface area contributed by atoms with Crippen molar-refractivity contribution in [2.75, 3.05) is 19.7 Å². The maximum absolute atomic E-state index is 12.3. The Labute approximate surface area is 107 Å². The molecule has 1 aromatic rings. The molecule has 0 aromatic heterocycles. The van der Waals surface area contributed by atoms with Crippen molar-refractivity contribution in [2.45, 2.75) is 18.2 Å². The molecule has 0 saturated carbocycles. The molecule has 18 heavy (non-hydrogen) atoms. The van der Waals surface area contributed by atoms with E-state index in [2.05, 4.69) is 0 Å². The lowest BCUT2D eigenvalue weighted by Crippen LogP contribution is -2.31. The molecule has 0 spiro atoms. The smallest absolute Gasteiger partial charge is 0.244 e. The van der Waals surface area contributed by atoms with E-state index in [0.717, 1.165) is 22.0 Å². The summed E-state index contributed by atoms with van der Waals surface area (Å²) in [5.41, 5.74) is 0.907. The van der Waals surface area contributed by atoms with Crippen molar-refractivity contribution in [3.8, 4) is 11.8 Å². The monoisotopic (exact) mass is 266 g/mol. The highest BCUT2D eigenvalue weighted by Crippen LogP contribution is 2.28. The highest BCUT2D eigenvalue weighted by Gasteiger charge is 2.24. The molecule has 0 amide bonds. The summed E-state index contributed by atoms with van der Waals surface area (Å²) in [5.74, 6) is 0.747. The molecule has 0 radical (unpaired) electrons. The molecular formula is C12H14N2O3S. The molecule has 1 aromatic carbocycles. The first kappa shape index (κ1) is 12.9. The van der Waals surface area contributed by atoms with Crippen molar-refractivity contribution in [1.82, 2.24) is 4.31 Å². The summed E-state index contributed by atoms with van der Waals surface area (Å²) in [5, 5.41) is 8.66. The molecule has 6 heteroatoms. The quantitative estimate of drug-likeness (QED) is 0.767. The minimum absolute atomic E-state index is 0.133. The summed E-state index contributed by atoms with van der Waals surface area (Å²) in [6.45, 7) is 2.45. The van der Waals surface area contributed by atoms with E-state index in [1.807, 2.05) is 6.07 Å². The Morgan fingerprint density at radius 2 is 2.28 bits per heavy atom. The second-order valence-electron chi connectivity index (χ2n) is 3.96. The Hall–Kier alpha value is -1.58. The van der Waals surface area contributed by atoms with Gasteiger partial charge in [-0.15, -0.1) is 0 Å². The highest BCUT2D eigenvalue weighted by atomic mass is 32.2. The van der Waals surface area contributed by atoms with Crippen molar-refractivity contribution < 1.29 is 13.2 Å². The van der Waals surface area contributed by atoms with E-state index >= 15 is 0 Å². The van der Waals surface area contributed by atoms with Crippen LogP contribution in [0.4, 0.5) is 0 Å². The number of ether oxygens (including phenoxy) is 1. The zero-order chi connectivity index (χ0) is 13.2. The van der Waals surface area contributed by atoms with Gasteiger partial charge in [0, 0.05) is 13.0 Å². The van der Waals surface area contributed by atoms with Crippen molar-refractivity contribution in [2.24, 2.45) is 0 Å². The molecule has 1 aliphatic heterocycles. The molecule has 96 valence electrons. The fourth-order valence-electron chi connectivity index (χ4n) is 1.92. The maximum Gasteiger partial charge on any atom is 0.244 e. The van der Waals surface area contributed by atoms with Crippen LogP contribution in [-0.4, -0.2) is 32.4 Å². The standard InChI is InChI=1S/C12H14N2O3S/c1-2-14(7-6-13)18(15,16)11-3-4-12-10(9-11)5-8-17-12/h3-4,9H,2,5,7-8H2,1H3. The Kier molecular flexibility index (Phi) is 3.55. The first-order chi connectivity index (χ1) is 8.59. The summed E-state index contributed by atoms with van der Waals surface area (Å²) in [7, 11) is -3.58. The molecule has 0 bridgehead atoms. The van der Waals surface area contributed by atoms with E-state index in [9.17, 15) is 8.42 Å². The van der Waals surface area contributed by atoms with E-state index in [1.165, 1.54) is 6.07 Å². The fourth-order valence-corrected chi connectivity index (χ4v) is 3.32. The average molecular weight is 266 g/mol. The van der Waals surface area contributed by atoms with Gasteiger partial charge in [-0.25, -0.2) is 8.42 Å². The van der Waals surface area contributed by atoms with Gasteiger partial charge in [-0.1, -0.05) is 6.92 Å². The Morgan fingerprint density at radius 1 is 1.50 bits per heavy atom. The Bertz CT molecular complexity index is 590. The molecule has 0 atom stereocenters. The van der Waals surface area contributed by atoms with Gasteiger partial charge < -0.3 is 4.74 Å². The number of fused-ring (bicyclic) bond motifs is 1. The van der Waals surface area contributed by atoms with Crippen LogP contribution >= 0.6 is 0 Å². The van der Waals surface area contributed by atoms with Crippen LogP contribution in [-0.2, 0) is 16.4 Å². The number of rotatable bonds is 4. The molecule has 5 nitrogen and oxygen atoms in total. The largest absolute Gasteiger partial charge is 0.493 e. The van der Waals surface area contributed by atoms with E-state index in [1.54, 1.807) is 19.1 Å². The van der Waals surface area contributed by atoms with Crippen LogP contribution in [0.5, 0.6) is 5.75 Å². The second-order valence-corrected chi connectivity index (χ2v) is 5.90. The summed E-state index contributed by atoms with van der Waals surface area (Å²) in [6, 6.07) is 6.71. The van der Waals surface area contributed by atoms with Gasteiger partial charge in [-0.2, -0.15) is 9.57 Å². The summed E-state index contributed by atoms with van der Waals surface area (Å²) in [6.07, 6.45) is 0.725. The number of sulfonamides is 1. The van der Waals surface area contributed by atoms with Gasteiger partial charge in [-0.05, 0) is 23.8 Å². The molecule has 0 aliphatic carbocycles. The average Bonchev–Trinajstić information content (AvgIpc) is 2.82. The van der Waals surface area contributed by atoms with Crippen molar-refractivity contribution in [1.29, 1.82) is 5.26 Å². The summed E-state index contributed by atoms with van der Waals surface area (Å²) >= 11 is 0. The van der Waals surface area contributed by atoms with Crippen LogP contribution in [0.1, 0.15) is 12.5 Å².